The predicted molar refractivity (Wildman–Crippen MR) is 54.5 cm³/mol. The molecule has 1 aromatic heterocycles. The van der Waals surface area contributed by atoms with Crippen LogP contribution in [-0.4, -0.2) is 11.6 Å². The van der Waals surface area contributed by atoms with Crippen molar-refractivity contribution in [2.75, 3.05) is 6.61 Å². The number of nitrogens with zero attached hydrogens (tertiary/aromatic N) is 1. The third-order valence-corrected chi connectivity index (χ3v) is 2.69. The van der Waals surface area contributed by atoms with E-state index in [4.69, 9.17) is 4.74 Å². The number of aromatic nitrogens is 1. The maximum atomic E-state index is 5.64. The SMILES string of the molecule is Brc1cccc(C2CCCCO2)n1. The Balaban J connectivity index is 2.14. The van der Waals surface area contributed by atoms with Crippen molar-refractivity contribution in [1.82, 2.24) is 4.98 Å². The second kappa shape index (κ2) is 4.20. The first kappa shape index (κ1) is 9.16. The van der Waals surface area contributed by atoms with Gasteiger partial charge in [0.25, 0.3) is 0 Å². The molecule has 1 aromatic rings. The van der Waals surface area contributed by atoms with E-state index in [1.807, 2.05) is 18.2 Å². The van der Waals surface area contributed by atoms with E-state index < -0.39 is 0 Å². The van der Waals surface area contributed by atoms with E-state index in [-0.39, 0.29) is 6.10 Å². The highest BCUT2D eigenvalue weighted by Crippen LogP contribution is 2.26. The summed E-state index contributed by atoms with van der Waals surface area (Å²) in [5.41, 5.74) is 1.05. The monoisotopic (exact) mass is 241 g/mol. The number of rotatable bonds is 1. The average Bonchev–Trinajstić information content (AvgIpc) is 2.19. The average molecular weight is 242 g/mol. The van der Waals surface area contributed by atoms with Crippen molar-refractivity contribution in [3.8, 4) is 0 Å². The van der Waals surface area contributed by atoms with Gasteiger partial charge in [-0.15, -0.1) is 0 Å². The van der Waals surface area contributed by atoms with E-state index in [9.17, 15) is 0 Å². The highest BCUT2D eigenvalue weighted by Gasteiger charge is 2.16. The van der Waals surface area contributed by atoms with Crippen LogP contribution in [0.4, 0.5) is 0 Å². The fourth-order valence-corrected chi connectivity index (χ4v) is 1.93. The van der Waals surface area contributed by atoms with Crippen LogP contribution in [0.15, 0.2) is 22.8 Å². The van der Waals surface area contributed by atoms with Crippen molar-refractivity contribution < 1.29 is 4.74 Å². The number of ether oxygens (including phenoxy) is 1. The summed E-state index contributed by atoms with van der Waals surface area (Å²) in [7, 11) is 0. The molecule has 0 spiro atoms. The third-order valence-electron chi connectivity index (χ3n) is 2.25. The number of pyridine rings is 1. The molecular formula is C10H12BrNO. The van der Waals surface area contributed by atoms with E-state index in [0.717, 1.165) is 23.3 Å². The summed E-state index contributed by atoms with van der Waals surface area (Å²) in [5.74, 6) is 0. The van der Waals surface area contributed by atoms with Crippen LogP contribution < -0.4 is 0 Å². The Bertz CT molecular complexity index is 284. The Kier molecular flexibility index (Phi) is 2.96. The molecule has 0 N–H and O–H groups in total. The fourth-order valence-electron chi connectivity index (χ4n) is 1.58. The molecule has 1 aliphatic heterocycles. The van der Waals surface area contributed by atoms with Gasteiger partial charge in [-0.3, -0.25) is 0 Å². The largest absolute Gasteiger partial charge is 0.372 e. The lowest BCUT2D eigenvalue weighted by molar-refractivity contribution is 0.0122. The van der Waals surface area contributed by atoms with Crippen LogP contribution in [0.2, 0.25) is 0 Å². The zero-order chi connectivity index (χ0) is 9.10. The van der Waals surface area contributed by atoms with Crippen LogP contribution in [0.1, 0.15) is 31.1 Å². The molecule has 0 radical (unpaired) electrons. The topological polar surface area (TPSA) is 22.1 Å². The minimum atomic E-state index is 0.214. The fraction of sp³-hybridized carbons (Fsp3) is 0.500. The van der Waals surface area contributed by atoms with Crippen molar-refractivity contribution in [3.63, 3.8) is 0 Å². The molecule has 0 amide bonds. The summed E-state index contributed by atoms with van der Waals surface area (Å²) in [6.45, 7) is 0.874. The predicted octanol–water partition coefficient (Wildman–Crippen LogP) is 3.09. The molecule has 1 fully saturated rings. The maximum absolute atomic E-state index is 5.64. The van der Waals surface area contributed by atoms with Gasteiger partial charge in [0.2, 0.25) is 0 Å². The lowest BCUT2D eigenvalue weighted by Gasteiger charge is -2.21. The summed E-state index contributed by atoms with van der Waals surface area (Å²) >= 11 is 3.36. The molecule has 0 saturated carbocycles. The van der Waals surface area contributed by atoms with Crippen LogP contribution in [0.25, 0.3) is 0 Å². The normalized spacial score (nSPS) is 23.0. The number of hydrogen-bond donors (Lipinski definition) is 0. The van der Waals surface area contributed by atoms with Gasteiger partial charge in [-0.2, -0.15) is 0 Å². The molecule has 0 aromatic carbocycles. The molecule has 0 bridgehead atoms. The molecule has 3 heteroatoms. The van der Waals surface area contributed by atoms with Gasteiger partial charge < -0.3 is 4.74 Å². The minimum Gasteiger partial charge on any atom is -0.372 e. The minimum absolute atomic E-state index is 0.214. The first-order valence-corrected chi connectivity index (χ1v) is 5.39. The Labute approximate surface area is 86.5 Å². The summed E-state index contributed by atoms with van der Waals surface area (Å²) in [5, 5.41) is 0. The van der Waals surface area contributed by atoms with Crippen molar-refractivity contribution in [2.45, 2.75) is 25.4 Å². The van der Waals surface area contributed by atoms with Crippen molar-refractivity contribution >= 4 is 15.9 Å². The van der Waals surface area contributed by atoms with Gasteiger partial charge in [0.1, 0.15) is 4.60 Å². The molecule has 2 heterocycles. The molecule has 1 atom stereocenters. The summed E-state index contributed by atoms with van der Waals surface area (Å²) in [6.07, 6.45) is 3.75. The summed E-state index contributed by atoms with van der Waals surface area (Å²) in [6, 6.07) is 5.97. The molecule has 70 valence electrons. The Morgan fingerprint density at radius 2 is 2.31 bits per heavy atom. The molecule has 13 heavy (non-hydrogen) atoms. The molecule has 0 aliphatic carbocycles. The number of halogens is 1. The van der Waals surface area contributed by atoms with E-state index in [1.54, 1.807) is 0 Å². The van der Waals surface area contributed by atoms with Gasteiger partial charge in [0.05, 0.1) is 11.8 Å². The van der Waals surface area contributed by atoms with Crippen LogP contribution in [0.5, 0.6) is 0 Å². The van der Waals surface area contributed by atoms with Gasteiger partial charge in [-0.1, -0.05) is 6.07 Å². The first-order chi connectivity index (χ1) is 6.36. The molecule has 1 aliphatic rings. The van der Waals surface area contributed by atoms with Gasteiger partial charge in [0.15, 0.2) is 0 Å². The molecule has 2 rings (SSSR count). The highest BCUT2D eigenvalue weighted by atomic mass is 79.9. The zero-order valence-corrected chi connectivity index (χ0v) is 8.96. The van der Waals surface area contributed by atoms with Gasteiger partial charge >= 0.3 is 0 Å². The Morgan fingerprint density at radius 3 is 3.00 bits per heavy atom. The lowest BCUT2D eigenvalue weighted by Crippen LogP contribution is -2.12. The summed E-state index contributed by atoms with van der Waals surface area (Å²) < 4.78 is 6.52. The van der Waals surface area contributed by atoms with E-state index in [2.05, 4.69) is 20.9 Å². The van der Waals surface area contributed by atoms with Crippen molar-refractivity contribution in [3.05, 3.63) is 28.5 Å². The van der Waals surface area contributed by atoms with Crippen molar-refractivity contribution in [1.29, 1.82) is 0 Å². The Hall–Kier alpha value is -0.410. The Morgan fingerprint density at radius 1 is 1.38 bits per heavy atom. The molecule has 1 unspecified atom stereocenters. The van der Waals surface area contributed by atoms with E-state index in [1.165, 1.54) is 12.8 Å². The lowest BCUT2D eigenvalue weighted by atomic mass is 10.1. The van der Waals surface area contributed by atoms with E-state index in [0.29, 0.717) is 0 Å². The summed E-state index contributed by atoms with van der Waals surface area (Å²) in [4.78, 5) is 4.39. The third kappa shape index (κ3) is 2.29. The first-order valence-electron chi connectivity index (χ1n) is 4.60. The second-order valence-corrected chi connectivity index (χ2v) is 4.05. The second-order valence-electron chi connectivity index (χ2n) is 3.24. The van der Waals surface area contributed by atoms with Gasteiger partial charge in [-0.25, -0.2) is 4.98 Å². The van der Waals surface area contributed by atoms with Crippen LogP contribution in [-0.2, 0) is 4.74 Å². The molecule has 1 saturated heterocycles. The van der Waals surface area contributed by atoms with Gasteiger partial charge in [0, 0.05) is 6.61 Å². The van der Waals surface area contributed by atoms with E-state index >= 15 is 0 Å². The quantitative estimate of drug-likeness (QED) is 0.706. The smallest absolute Gasteiger partial charge is 0.106 e. The zero-order valence-electron chi connectivity index (χ0n) is 7.37. The van der Waals surface area contributed by atoms with Crippen LogP contribution in [0.3, 0.4) is 0 Å². The standard InChI is InChI=1S/C10H12BrNO/c11-10-6-3-4-8(12-10)9-5-1-2-7-13-9/h3-4,6,9H,1-2,5,7H2. The van der Waals surface area contributed by atoms with Crippen molar-refractivity contribution in [2.24, 2.45) is 0 Å². The molecule has 2 nitrogen and oxygen atoms in total. The van der Waals surface area contributed by atoms with Crippen LogP contribution >= 0.6 is 15.9 Å². The van der Waals surface area contributed by atoms with Gasteiger partial charge in [-0.05, 0) is 47.3 Å². The maximum Gasteiger partial charge on any atom is 0.106 e. The molecular weight excluding hydrogens is 230 g/mol. The van der Waals surface area contributed by atoms with Crippen LogP contribution in [0, 0.1) is 0 Å². The highest BCUT2D eigenvalue weighted by molar-refractivity contribution is 9.10. The number of hydrogen-bond acceptors (Lipinski definition) is 2.